The van der Waals surface area contributed by atoms with Gasteiger partial charge in [0.05, 0.1) is 5.69 Å². The van der Waals surface area contributed by atoms with Crippen LogP contribution in [0.25, 0.3) is 66.4 Å². The van der Waals surface area contributed by atoms with E-state index in [1.165, 1.54) is 55.3 Å². The molecule has 0 aliphatic rings. The molecule has 0 amide bonds. The van der Waals surface area contributed by atoms with Crippen LogP contribution in [-0.2, 0) is 0 Å². The molecule has 0 fully saturated rings. The van der Waals surface area contributed by atoms with Crippen molar-refractivity contribution in [2.45, 2.75) is 0 Å². The summed E-state index contributed by atoms with van der Waals surface area (Å²) in [6.07, 6.45) is 0. The fraction of sp³-hybridized carbons (Fsp3) is 0. The second kappa shape index (κ2) is 18.2. The van der Waals surface area contributed by atoms with E-state index < -0.39 is 0 Å². The summed E-state index contributed by atoms with van der Waals surface area (Å²) in [6.45, 7) is 0. The Morgan fingerprint density at radius 2 is 0.470 bits per heavy atom. The summed E-state index contributed by atoms with van der Waals surface area (Å²) < 4.78 is 0. The summed E-state index contributed by atoms with van der Waals surface area (Å²) in [7, 11) is 0. The summed E-state index contributed by atoms with van der Waals surface area (Å²) in [5.74, 6) is 0. The molecule has 0 aliphatic heterocycles. The lowest BCUT2D eigenvalue weighted by molar-refractivity contribution is 1.28. The zero-order valence-electron chi connectivity index (χ0n) is 36.5. The highest BCUT2D eigenvalue weighted by Gasteiger charge is 2.17. The summed E-state index contributed by atoms with van der Waals surface area (Å²) >= 11 is 0. The minimum absolute atomic E-state index is 1.08. The van der Waals surface area contributed by atoms with E-state index in [0.717, 1.165) is 45.3 Å². The molecule has 2 heteroatoms. The maximum Gasteiger partial charge on any atom is 0.0540 e. The van der Waals surface area contributed by atoms with Gasteiger partial charge in [-0.2, -0.15) is 0 Å². The number of para-hydroxylation sites is 1. The maximum atomic E-state index is 2.35. The Kier molecular flexibility index (Phi) is 11.0. The first kappa shape index (κ1) is 40.1. The molecule has 0 atom stereocenters. The monoisotopic (exact) mass is 842 g/mol. The van der Waals surface area contributed by atoms with Crippen LogP contribution in [0.5, 0.6) is 0 Å². The molecule has 0 aliphatic carbocycles. The normalized spacial score (nSPS) is 11.0. The van der Waals surface area contributed by atoms with Gasteiger partial charge in [0.2, 0.25) is 0 Å². The van der Waals surface area contributed by atoms with Crippen molar-refractivity contribution in [1.29, 1.82) is 0 Å². The van der Waals surface area contributed by atoms with Crippen LogP contribution >= 0.6 is 0 Å². The SMILES string of the molecule is c1ccc(-c2cccc(-c3ccc(N(c4ccc(-c5ccc(N(c6ccccc6)c6cccc7ccccc67)cc5)cc4)c4ccc(-c5cccc(-c6ccccc6)c5)cc4)cc3)c2)cc1. The first-order chi connectivity index (χ1) is 32.7. The Balaban J connectivity index is 0.922. The van der Waals surface area contributed by atoms with Gasteiger partial charge in [-0.05, 0) is 140 Å². The lowest BCUT2D eigenvalue weighted by atomic mass is 9.98. The van der Waals surface area contributed by atoms with Crippen LogP contribution < -0.4 is 9.80 Å². The van der Waals surface area contributed by atoms with Gasteiger partial charge in [0, 0.05) is 33.8 Å². The number of hydrogen-bond acceptors (Lipinski definition) is 2. The zero-order valence-corrected chi connectivity index (χ0v) is 36.5. The van der Waals surface area contributed by atoms with Crippen LogP contribution in [0, 0.1) is 0 Å². The molecule has 0 spiro atoms. The fourth-order valence-corrected chi connectivity index (χ4v) is 9.08. The minimum atomic E-state index is 1.08. The molecule has 11 aromatic rings. The van der Waals surface area contributed by atoms with Gasteiger partial charge in [0.25, 0.3) is 0 Å². The minimum Gasteiger partial charge on any atom is -0.311 e. The third kappa shape index (κ3) is 8.28. The van der Waals surface area contributed by atoms with Crippen molar-refractivity contribution in [3.05, 3.63) is 279 Å². The fourth-order valence-electron chi connectivity index (χ4n) is 9.08. The van der Waals surface area contributed by atoms with Gasteiger partial charge in [0.1, 0.15) is 0 Å². The summed E-state index contributed by atoms with van der Waals surface area (Å²) in [5, 5.41) is 2.43. The maximum absolute atomic E-state index is 2.35. The van der Waals surface area contributed by atoms with Crippen LogP contribution in [0.2, 0.25) is 0 Å². The van der Waals surface area contributed by atoms with Crippen molar-refractivity contribution in [3.8, 4) is 55.6 Å². The first-order valence-electron chi connectivity index (χ1n) is 22.6. The quantitative estimate of drug-likeness (QED) is 0.128. The van der Waals surface area contributed by atoms with Crippen LogP contribution in [0.4, 0.5) is 34.1 Å². The Labute approximate surface area is 387 Å². The van der Waals surface area contributed by atoms with Crippen LogP contribution in [0.1, 0.15) is 0 Å². The van der Waals surface area contributed by atoms with Crippen molar-refractivity contribution in [2.75, 3.05) is 9.80 Å². The van der Waals surface area contributed by atoms with Crippen LogP contribution in [0.15, 0.2) is 279 Å². The molecule has 0 bridgehead atoms. The summed E-state index contributed by atoms with van der Waals surface area (Å²) in [6, 6.07) is 100. The van der Waals surface area contributed by atoms with E-state index >= 15 is 0 Å². The van der Waals surface area contributed by atoms with Gasteiger partial charge >= 0.3 is 0 Å². The van der Waals surface area contributed by atoms with Gasteiger partial charge in [-0.15, -0.1) is 0 Å². The number of nitrogens with zero attached hydrogens (tertiary/aromatic N) is 2. The Bertz CT molecular complexity index is 3230. The van der Waals surface area contributed by atoms with E-state index in [9.17, 15) is 0 Å². The molecule has 0 saturated carbocycles. The number of anilines is 6. The van der Waals surface area contributed by atoms with Crippen LogP contribution in [-0.4, -0.2) is 0 Å². The second-order valence-corrected chi connectivity index (χ2v) is 16.6. The van der Waals surface area contributed by atoms with Gasteiger partial charge < -0.3 is 9.80 Å². The Hall–Kier alpha value is -8.72. The average molecular weight is 843 g/mol. The summed E-state index contributed by atoms with van der Waals surface area (Å²) in [5.41, 5.74) is 18.5. The van der Waals surface area contributed by atoms with Gasteiger partial charge in [0.15, 0.2) is 0 Å². The zero-order chi connectivity index (χ0) is 44.1. The molecule has 11 rings (SSSR count). The molecular formula is C64H46N2. The number of fused-ring (bicyclic) bond motifs is 1. The van der Waals surface area contributed by atoms with Gasteiger partial charge in [-0.25, -0.2) is 0 Å². The highest BCUT2D eigenvalue weighted by atomic mass is 15.1. The molecule has 312 valence electrons. The highest BCUT2D eigenvalue weighted by molar-refractivity contribution is 5.99. The van der Waals surface area contributed by atoms with Gasteiger partial charge in [-0.1, -0.05) is 200 Å². The highest BCUT2D eigenvalue weighted by Crippen LogP contribution is 2.41. The van der Waals surface area contributed by atoms with E-state index in [1.807, 2.05) is 0 Å². The molecule has 0 radical (unpaired) electrons. The largest absolute Gasteiger partial charge is 0.311 e. The third-order valence-electron chi connectivity index (χ3n) is 12.5. The smallest absolute Gasteiger partial charge is 0.0540 e. The molecule has 0 saturated heterocycles. The standard InChI is InChI=1S/C64H46N2/c1-4-15-47(16-5-1)54-21-12-23-56(45-54)51-33-39-60(40-34-51)65(61-41-35-52(36-42-61)57-24-13-22-55(46-57)48-17-6-2-7-18-48)59-37-29-49(30-38-59)50-31-43-62(44-32-50)66(58-25-8-3-9-26-58)64-28-14-20-53-19-10-11-27-63(53)64/h1-46H. The molecule has 66 heavy (non-hydrogen) atoms. The average Bonchev–Trinajstić information content (AvgIpc) is 3.41. The molecular weight excluding hydrogens is 797 g/mol. The predicted molar refractivity (Wildman–Crippen MR) is 280 cm³/mol. The van der Waals surface area contributed by atoms with E-state index in [0.29, 0.717) is 0 Å². The van der Waals surface area contributed by atoms with Crippen molar-refractivity contribution < 1.29 is 0 Å². The van der Waals surface area contributed by atoms with E-state index in [-0.39, 0.29) is 0 Å². The summed E-state index contributed by atoms with van der Waals surface area (Å²) in [4.78, 5) is 4.70. The first-order valence-corrected chi connectivity index (χ1v) is 22.6. The van der Waals surface area contributed by atoms with Crippen molar-refractivity contribution >= 4 is 44.9 Å². The van der Waals surface area contributed by atoms with E-state index in [4.69, 9.17) is 0 Å². The lowest BCUT2D eigenvalue weighted by Crippen LogP contribution is -2.10. The van der Waals surface area contributed by atoms with Crippen molar-refractivity contribution in [2.24, 2.45) is 0 Å². The molecule has 2 nitrogen and oxygen atoms in total. The van der Waals surface area contributed by atoms with E-state index in [1.54, 1.807) is 0 Å². The van der Waals surface area contributed by atoms with Gasteiger partial charge in [-0.3, -0.25) is 0 Å². The number of rotatable bonds is 11. The second-order valence-electron chi connectivity index (χ2n) is 16.6. The molecule has 0 N–H and O–H groups in total. The predicted octanol–water partition coefficient (Wildman–Crippen LogP) is 18.1. The number of hydrogen-bond donors (Lipinski definition) is 0. The Morgan fingerprint density at radius 1 is 0.182 bits per heavy atom. The lowest BCUT2D eigenvalue weighted by Gasteiger charge is -2.27. The molecule has 0 heterocycles. The van der Waals surface area contributed by atoms with Crippen molar-refractivity contribution in [3.63, 3.8) is 0 Å². The van der Waals surface area contributed by atoms with E-state index in [2.05, 4.69) is 289 Å². The van der Waals surface area contributed by atoms with Crippen LogP contribution in [0.3, 0.4) is 0 Å². The topological polar surface area (TPSA) is 6.48 Å². The third-order valence-corrected chi connectivity index (χ3v) is 12.5. The molecule has 0 aromatic heterocycles. The molecule has 11 aromatic carbocycles. The molecule has 0 unspecified atom stereocenters. The van der Waals surface area contributed by atoms with Crippen molar-refractivity contribution in [1.82, 2.24) is 0 Å². The Morgan fingerprint density at radius 3 is 0.909 bits per heavy atom. The number of benzene rings is 11.